The second kappa shape index (κ2) is 8.67. The van der Waals surface area contributed by atoms with Gasteiger partial charge < -0.3 is 30.0 Å². The molecule has 1 amide bonds. The topological polar surface area (TPSA) is 92.0 Å². The molecule has 0 aliphatic heterocycles. The predicted octanol–water partition coefficient (Wildman–Crippen LogP) is 3.68. The van der Waals surface area contributed by atoms with Crippen molar-refractivity contribution in [2.45, 2.75) is 37.6 Å². The quantitative estimate of drug-likeness (QED) is 0.602. The average Bonchev–Trinajstić information content (AvgIpc) is 3.68. The number of nitrogens with two attached hydrogens (primary N) is 1. The van der Waals surface area contributed by atoms with Gasteiger partial charge in [-0.2, -0.15) is 0 Å². The van der Waals surface area contributed by atoms with E-state index < -0.39 is 0 Å². The highest BCUT2D eigenvalue weighted by atomic mass is 16.5. The minimum Gasteiger partial charge on any atom is -0.492 e. The number of rotatable bonds is 10. The van der Waals surface area contributed by atoms with Gasteiger partial charge >= 0.3 is 0 Å². The van der Waals surface area contributed by atoms with E-state index in [0.717, 1.165) is 24.8 Å². The van der Waals surface area contributed by atoms with Gasteiger partial charge in [0, 0.05) is 11.6 Å². The Morgan fingerprint density at radius 1 is 1.03 bits per heavy atom. The first kappa shape index (κ1) is 21.3. The SMILES string of the molecule is COc1c(Oc2ccc(CCN)cc2)cc(C(=O)NC2(C3CC3)CC2)c(OC)c1OC. The molecule has 0 aromatic heterocycles. The fourth-order valence-corrected chi connectivity index (χ4v) is 4.14. The van der Waals surface area contributed by atoms with Gasteiger partial charge in [-0.05, 0) is 62.3 Å². The van der Waals surface area contributed by atoms with Gasteiger partial charge in [-0.15, -0.1) is 0 Å². The molecule has 3 N–H and O–H groups in total. The zero-order chi connectivity index (χ0) is 22.0. The van der Waals surface area contributed by atoms with E-state index in [-0.39, 0.29) is 11.4 Å². The molecule has 0 saturated heterocycles. The summed E-state index contributed by atoms with van der Waals surface area (Å²) in [6, 6.07) is 9.33. The van der Waals surface area contributed by atoms with Gasteiger partial charge in [0.25, 0.3) is 5.91 Å². The van der Waals surface area contributed by atoms with Gasteiger partial charge in [0.1, 0.15) is 5.75 Å². The second-order valence-electron chi connectivity index (χ2n) is 8.19. The Morgan fingerprint density at radius 2 is 1.68 bits per heavy atom. The highest BCUT2D eigenvalue weighted by Crippen LogP contribution is 2.54. The molecule has 0 spiro atoms. The number of hydrogen-bond donors (Lipinski definition) is 2. The zero-order valence-electron chi connectivity index (χ0n) is 18.3. The van der Waals surface area contributed by atoms with Crippen LogP contribution in [0, 0.1) is 5.92 Å². The predicted molar refractivity (Wildman–Crippen MR) is 118 cm³/mol. The van der Waals surface area contributed by atoms with Crippen LogP contribution in [0.2, 0.25) is 0 Å². The molecule has 0 unspecified atom stereocenters. The van der Waals surface area contributed by atoms with Crippen LogP contribution in [-0.2, 0) is 6.42 Å². The Hall–Kier alpha value is -2.93. The van der Waals surface area contributed by atoms with Crippen LogP contribution in [0.3, 0.4) is 0 Å². The third-order valence-corrected chi connectivity index (χ3v) is 6.11. The summed E-state index contributed by atoms with van der Waals surface area (Å²) in [5, 5.41) is 3.24. The van der Waals surface area contributed by atoms with Crippen molar-refractivity contribution in [1.29, 1.82) is 0 Å². The third kappa shape index (κ3) is 4.28. The zero-order valence-corrected chi connectivity index (χ0v) is 18.3. The summed E-state index contributed by atoms with van der Waals surface area (Å²) in [6.07, 6.45) is 5.21. The standard InChI is InChI=1S/C24H30N2O5/c1-28-20-18(23(27)26-24(11-12-24)16-6-7-16)14-19(21(29-2)22(20)30-3)31-17-8-4-15(5-9-17)10-13-25/h4-5,8-9,14,16H,6-7,10-13,25H2,1-3H3,(H,26,27). The van der Waals surface area contributed by atoms with Gasteiger partial charge in [0.2, 0.25) is 11.5 Å². The van der Waals surface area contributed by atoms with Crippen molar-refractivity contribution in [1.82, 2.24) is 5.32 Å². The van der Waals surface area contributed by atoms with Crippen LogP contribution >= 0.6 is 0 Å². The van der Waals surface area contributed by atoms with E-state index in [2.05, 4.69) is 5.32 Å². The summed E-state index contributed by atoms with van der Waals surface area (Å²) in [6.45, 7) is 0.588. The molecule has 2 aliphatic rings. The first-order valence-corrected chi connectivity index (χ1v) is 10.7. The van der Waals surface area contributed by atoms with Crippen molar-refractivity contribution in [3.63, 3.8) is 0 Å². The minimum atomic E-state index is -0.189. The average molecular weight is 427 g/mol. The van der Waals surface area contributed by atoms with Crippen molar-refractivity contribution in [3.8, 4) is 28.7 Å². The van der Waals surface area contributed by atoms with Gasteiger partial charge in [-0.3, -0.25) is 4.79 Å². The molecular formula is C24H30N2O5. The van der Waals surface area contributed by atoms with Crippen molar-refractivity contribution in [2.75, 3.05) is 27.9 Å². The molecule has 7 heteroatoms. The highest BCUT2D eigenvalue weighted by Gasteiger charge is 2.55. The summed E-state index contributed by atoms with van der Waals surface area (Å²) in [5.41, 5.74) is 7.05. The molecule has 0 radical (unpaired) electrons. The minimum absolute atomic E-state index is 0.0604. The Morgan fingerprint density at radius 3 is 2.19 bits per heavy atom. The lowest BCUT2D eigenvalue weighted by molar-refractivity contribution is 0.0921. The molecule has 2 saturated carbocycles. The molecule has 2 aromatic rings. The van der Waals surface area contributed by atoms with E-state index in [0.29, 0.717) is 46.8 Å². The molecule has 0 heterocycles. The van der Waals surface area contributed by atoms with Crippen LogP contribution in [0.25, 0.3) is 0 Å². The van der Waals surface area contributed by atoms with Crippen LogP contribution in [0.1, 0.15) is 41.6 Å². The van der Waals surface area contributed by atoms with Gasteiger partial charge in [-0.25, -0.2) is 0 Å². The van der Waals surface area contributed by atoms with E-state index in [9.17, 15) is 4.79 Å². The van der Waals surface area contributed by atoms with Crippen molar-refractivity contribution < 1.29 is 23.7 Å². The number of carbonyl (C=O) groups is 1. The molecule has 4 rings (SSSR count). The fraction of sp³-hybridized carbons (Fsp3) is 0.458. The smallest absolute Gasteiger partial charge is 0.255 e. The largest absolute Gasteiger partial charge is 0.492 e. The molecule has 2 fully saturated rings. The lowest BCUT2D eigenvalue weighted by atomic mass is 10.1. The van der Waals surface area contributed by atoms with E-state index in [1.54, 1.807) is 6.07 Å². The molecule has 7 nitrogen and oxygen atoms in total. The maximum Gasteiger partial charge on any atom is 0.255 e. The number of methoxy groups -OCH3 is 3. The van der Waals surface area contributed by atoms with E-state index in [1.165, 1.54) is 34.2 Å². The molecule has 2 aliphatic carbocycles. The number of ether oxygens (including phenoxy) is 4. The Bertz CT molecular complexity index is 949. The Kier molecular flexibility index (Phi) is 5.96. The first-order chi connectivity index (χ1) is 15.0. The van der Waals surface area contributed by atoms with E-state index in [4.69, 9.17) is 24.7 Å². The third-order valence-electron chi connectivity index (χ3n) is 6.11. The van der Waals surface area contributed by atoms with Gasteiger partial charge in [-0.1, -0.05) is 12.1 Å². The molecule has 0 atom stereocenters. The monoisotopic (exact) mass is 426 g/mol. The highest BCUT2D eigenvalue weighted by molar-refractivity contribution is 6.00. The number of nitrogens with one attached hydrogen (secondary N) is 1. The van der Waals surface area contributed by atoms with Crippen LogP contribution < -0.4 is 30.0 Å². The van der Waals surface area contributed by atoms with E-state index >= 15 is 0 Å². The lowest BCUT2D eigenvalue weighted by Crippen LogP contribution is -2.38. The van der Waals surface area contributed by atoms with Crippen LogP contribution in [0.5, 0.6) is 28.7 Å². The van der Waals surface area contributed by atoms with Crippen LogP contribution in [-0.4, -0.2) is 39.3 Å². The van der Waals surface area contributed by atoms with Crippen LogP contribution in [0.15, 0.2) is 30.3 Å². The van der Waals surface area contributed by atoms with E-state index in [1.807, 2.05) is 24.3 Å². The molecule has 0 bridgehead atoms. The number of amides is 1. The molecule has 31 heavy (non-hydrogen) atoms. The summed E-state index contributed by atoms with van der Waals surface area (Å²) < 4.78 is 22.8. The van der Waals surface area contributed by atoms with Crippen molar-refractivity contribution >= 4 is 5.91 Å². The van der Waals surface area contributed by atoms with Gasteiger partial charge in [0.05, 0.1) is 26.9 Å². The van der Waals surface area contributed by atoms with Gasteiger partial charge in [0.15, 0.2) is 11.5 Å². The summed E-state index contributed by atoms with van der Waals surface area (Å²) in [7, 11) is 4.55. The second-order valence-corrected chi connectivity index (χ2v) is 8.19. The number of hydrogen-bond acceptors (Lipinski definition) is 6. The fourth-order valence-electron chi connectivity index (χ4n) is 4.14. The number of carbonyl (C=O) groups excluding carboxylic acids is 1. The summed E-state index contributed by atoms with van der Waals surface area (Å²) in [5.74, 6) is 2.42. The summed E-state index contributed by atoms with van der Waals surface area (Å²) in [4.78, 5) is 13.2. The van der Waals surface area contributed by atoms with Crippen molar-refractivity contribution in [3.05, 3.63) is 41.5 Å². The maximum atomic E-state index is 13.2. The first-order valence-electron chi connectivity index (χ1n) is 10.7. The molecular weight excluding hydrogens is 396 g/mol. The Labute approximate surface area is 182 Å². The van der Waals surface area contributed by atoms with Crippen molar-refractivity contribution in [2.24, 2.45) is 11.7 Å². The number of benzene rings is 2. The maximum absolute atomic E-state index is 13.2. The lowest BCUT2D eigenvalue weighted by Gasteiger charge is -2.21. The molecule has 2 aromatic carbocycles. The summed E-state index contributed by atoms with van der Waals surface area (Å²) >= 11 is 0. The Balaban J connectivity index is 1.68. The van der Waals surface area contributed by atoms with Crippen LogP contribution in [0.4, 0.5) is 0 Å². The normalized spacial score (nSPS) is 16.4. The molecule has 166 valence electrons.